The molecule has 12 heteroatoms. The molecule has 0 heterocycles. The van der Waals surface area contributed by atoms with E-state index >= 15 is 0 Å². The zero-order chi connectivity index (χ0) is 36.8. The highest BCUT2D eigenvalue weighted by Gasteiger charge is 2.03. The molecule has 0 amide bonds. The summed E-state index contributed by atoms with van der Waals surface area (Å²) in [6.07, 6.45) is 22.4. The number of carbonyl (C=O) groups is 1. The minimum absolute atomic E-state index is 0.132. The van der Waals surface area contributed by atoms with Crippen LogP contribution >= 0.6 is 0 Å². The Morgan fingerprint density at radius 1 is 0.373 bits per heavy atom. The fourth-order valence-electron chi connectivity index (χ4n) is 4.68. The van der Waals surface area contributed by atoms with Gasteiger partial charge in [0.25, 0.3) is 0 Å². The van der Waals surface area contributed by atoms with Gasteiger partial charge in [0, 0.05) is 6.42 Å². The molecular formula is C39H74O12. The quantitative estimate of drug-likeness (QED) is 0.0427. The van der Waals surface area contributed by atoms with E-state index in [-0.39, 0.29) is 12.6 Å². The molecule has 0 spiro atoms. The SMILES string of the molecule is C#CCOCCOCCOCCOCCOCCOCCOCCOCCOCCOCCOC(=O)CCCCCCCCCCCCCCC. The van der Waals surface area contributed by atoms with Crippen molar-refractivity contribution in [1.29, 1.82) is 0 Å². The molecule has 0 aliphatic heterocycles. The molecule has 0 rings (SSSR count). The first kappa shape index (κ1) is 49.6. The highest BCUT2D eigenvalue weighted by molar-refractivity contribution is 5.69. The van der Waals surface area contributed by atoms with Gasteiger partial charge < -0.3 is 52.1 Å². The van der Waals surface area contributed by atoms with Gasteiger partial charge in [0.15, 0.2) is 0 Å². The van der Waals surface area contributed by atoms with E-state index in [1.54, 1.807) is 0 Å². The van der Waals surface area contributed by atoms with Crippen molar-refractivity contribution in [1.82, 2.24) is 0 Å². The lowest BCUT2D eigenvalue weighted by atomic mass is 10.0. The average Bonchev–Trinajstić information content (AvgIpc) is 3.14. The van der Waals surface area contributed by atoms with Gasteiger partial charge in [0.2, 0.25) is 0 Å². The minimum Gasteiger partial charge on any atom is -0.463 e. The third kappa shape index (κ3) is 46.6. The van der Waals surface area contributed by atoms with E-state index in [1.807, 2.05) is 0 Å². The van der Waals surface area contributed by atoms with Crippen LogP contribution in [0.25, 0.3) is 0 Å². The molecule has 0 saturated heterocycles. The summed E-state index contributed by atoms with van der Waals surface area (Å²) < 4.78 is 59.4. The second kappa shape index (κ2) is 46.7. The van der Waals surface area contributed by atoms with Crippen molar-refractivity contribution in [2.24, 2.45) is 0 Å². The number of unbranched alkanes of at least 4 members (excludes halogenated alkanes) is 12. The Balaban J connectivity index is 3.12. The Morgan fingerprint density at radius 2 is 0.627 bits per heavy atom. The van der Waals surface area contributed by atoms with Crippen LogP contribution in [0.4, 0.5) is 0 Å². The van der Waals surface area contributed by atoms with Gasteiger partial charge in [-0.15, -0.1) is 6.42 Å². The topological polar surface area (TPSA) is 119 Å². The Labute approximate surface area is 310 Å². The molecule has 0 aromatic carbocycles. The van der Waals surface area contributed by atoms with Crippen molar-refractivity contribution in [3.63, 3.8) is 0 Å². The summed E-state index contributed by atoms with van der Waals surface area (Å²) in [5.74, 6) is 2.27. The highest BCUT2D eigenvalue weighted by atomic mass is 16.6. The van der Waals surface area contributed by atoms with Crippen LogP contribution < -0.4 is 0 Å². The number of terminal acetylenes is 1. The monoisotopic (exact) mass is 735 g/mol. The lowest BCUT2D eigenvalue weighted by Gasteiger charge is -2.09. The van der Waals surface area contributed by atoms with E-state index < -0.39 is 0 Å². The van der Waals surface area contributed by atoms with Crippen LogP contribution in [0, 0.1) is 12.3 Å². The molecular weight excluding hydrogens is 660 g/mol. The van der Waals surface area contributed by atoms with Crippen LogP contribution in [0.5, 0.6) is 0 Å². The molecule has 0 aliphatic carbocycles. The third-order valence-corrected chi connectivity index (χ3v) is 7.51. The van der Waals surface area contributed by atoms with Crippen LogP contribution in [0.3, 0.4) is 0 Å². The average molecular weight is 735 g/mol. The summed E-state index contributed by atoms with van der Waals surface area (Å²) in [7, 11) is 0. The van der Waals surface area contributed by atoms with Crippen LogP contribution in [0.1, 0.15) is 96.8 Å². The molecule has 0 radical (unpaired) electrons. The first-order valence-corrected chi connectivity index (χ1v) is 19.7. The van der Waals surface area contributed by atoms with Crippen molar-refractivity contribution in [3.8, 4) is 12.3 Å². The molecule has 0 aromatic rings. The predicted octanol–water partition coefficient (Wildman–Crippen LogP) is 5.81. The summed E-state index contributed by atoms with van der Waals surface area (Å²) in [5, 5.41) is 0. The van der Waals surface area contributed by atoms with Crippen molar-refractivity contribution in [2.45, 2.75) is 96.8 Å². The number of hydrogen-bond donors (Lipinski definition) is 0. The van der Waals surface area contributed by atoms with Crippen LogP contribution in [-0.4, -0.2) is 145 Å². The summed E-state index contributed by atoms with van der Waals surface area (Å²) in [5.41, 5.74) is 0. The zero-order valence-electron chi connectivity index (χ0n) is 32.2. The van der Waals surface area contributed by atoms with Gasteiger partial charge in [0.05, 0.1) is 126 Å². The molecule has 0 saturated carbocycles. The molecule has 0 aliphatic rings. The van der Waals surface area contributed by atoms with E-state index in [0.29, 0.717) is 139 Å². The van der Waals surface area contributed by atoms with Crippen LogP contribution in [0.15, 0.2) is 0 Å². The maximum atomic E-state index is 11.9. The van der Waals surface area contributed by atoms with Gasteiger partial charge in [-0.3, -0.25) is 4.79 Å². The molecule has 0 N–H and O–H groups in total. The smallest absolute Gasteiger partial charge is 0.305 e. The van der Waals surface area contributed by atoms with Crippen LogP contribution in [-0.2, 0) is 56.9 Å². The van der Waals surface area contributed by atoms with E-state index in [4.69, 9.17) is 58.5 Å². The molecule has 302 valence electrons. The zero-order valence-corrected chi connectivity index (χ0v) is 32.2. The van der Waals surface area contributed by atoms with E-state index in [9.17, 15) is 4.79 Å². The number of hydrogen-bond acceptors (Lipinski definition) is 12. The second-order valence-corrected chi connectivity index (χ2v) is 12.0. The lowest BCUT2D eigenvalue weighted by molar-refractivity contribution is -0.145. The maximum Gasteiger partial charge on any atom is 0.305 e. The Kier molecular flexibility index (Phi) is 45.4. The van der Waals surface area contributed by atoms with E-state index in [0.717, 1.165) is 12.8 Å². The molecule has 0 aromatic heterocycles. The highest BCUT2D eigenvalue weighted by Crippen LogP contribution is 2.13. The first-order valence-electron chi connectivity index (χ1n) is 19.7. The Morgan fingerprint density at radius 3 is 0.922 bits per heavy atom. The maximum absolute atomic E-state index is 11.9. The summed E-state index contributed by atoms with van der Waals surface area (Å²) in [6, 6.07) is 0. The summed E-state index contributed by atoms with van der Waals surface area (Å²) >= 11 is 0. The van der Waals surface area contributed by atoms with Gasteiger partial charge in [-0.05, 0) is 6.42 Å². The Hall–Kier alpha value is -1.37. The van der Waals surface area contributed by atoms with Gasteiger partial charge in [0.1, 0.15) is 13.2 Å². The van der Waals surface area contributed by atoms with Crippen molar-refractivity contribution in [3.05, 3.63) is 0 Å². The second-order valence-electron chi connectivity index (χ2n) is 12.0. The fraction of sp³-hybridized carbons (Fsp3) is 0.923. The lowest BCUT2D eigenvalue weighted by Crippen LogP contribution is -2.15. The van der Waals surface area contributed by atoms with Crippen molar-refractivity contribution < 1.29 is 56.9 Å². The minimum atomic E-state index is -0.132. The molecule has 0 bridgehead atoms. The van der Waals surface area contributed by atoms with E-state index in [2.05, 4.69) is 12.8 Å². The molecule has 0 fully saturated rings. The fourth-order valence-corrected chi connectivity index (χ4v) is 4.68. The molecule has 12 nitrogen and oxygen atoms in total. The molecule has 0 unspecified atom stereocenters. The van der Waals surface area contributed by atoms with Gasteiger partial charge in [-0.25, -0.2) is 0 Å². The normalized spacial score (nSPS) is 11.3. The molecule has 0 atom stereocenters. The van der Waals surface area contributed by atoms with Gasteiger partial charge >= 0.3 is 5.97 Å². The number of esters is 1. The first-order chi connectivity index (χ1) is 25.3. The van der Waals surface area contributed by atoms with Crippen molar-refractivity contribution in [2.75, 3.05) is 139 Å². The summed E-state index contributed by atoms with van der Waals surface area (Å²) in [4.78, 5) is 11.9. The third-order valence-electron chi connectivity index (χ3n) is 7.51. The van der Waals surface area contributed by atoms with E-state index in [1.165, 1.54) is 70.6 Å². The van der Waals surface area contributed by atoms with Crippen molar-refractivity contribution >= 4 is 5.97 Å². The number of carbonyl (C=O) groups excluding carboxylic acids is 1. The molecule has 51 heavy (non-hydrogen) atoms. The predicted molar refractivity (Wildman–Crippen MR) is 198 cm³/mol. The van der Waals surface area contributed by atoms with Gasteiger partial charge in [-0.2, -0.15) is 0 Å². The largest absolute Gasteiger partial charge is 0.463 e. The summed E-state index contributed by atoms with van der Waals surface area (Å²) in [6.45, 7) is 12.2. The Bertz CT molecular complexity index is 706. The number of rotatable bonds is 45. The van der Waals surface area contributed by atoms with Gasteiger partial charge in [-0.1, -0.05) is 89.9 Å². The number of ether oxygens (including phenoxy) is 11. The van der Waals surface area contributed by atoms with Crippen LogP contribution in [0.2, 0.25) is 0 Å². The standard InChI is InChI=1S/C39H74O12/c1-3-5-6-7-8-9-10-11-12-13-14-15-16-17-39(40)51-38-37-50-36-35-49-34-33-48-32-31-47-30-29-46-28-27-45-26-25-44-24-23-43-22-21-42-20-19-41-18-4-2/h2H,3,5-38H2,1H3.